The molecule has 1 aromatic heterocycles. The van der Waals surface area contributed by atoms with Gasteiger partial charge in [0.15, 0.2) is 17.4 Å². The fourth-order valence-electron chi connectivity index (χ4n) is 3.35. The summed E-state index contributed by atoms with van der Waals surface area (Å²) in [4.78, 5) is 20.1. The van der Waals surface area contributed by atoms with E-state index in [4.69, 9.17) is 9.26 Å². The first-order valence-corrected chi connectivity index (χ1v) is 9.28. The summed E-state index contributed by atoms with van der Waals surface area (Å²) in [5, 5.41) is 12.9. The van der Waals surface area contributed by atoms with Gasteiger partial charge in [0, 0.05) is 26.2 Å². The number of hydrogen-bond acceptors (Lipinski definition) is 7. The van der Waals surface area contributed by atoms with E-state index in [2.05, 4.69) is 15.0 Å². The summed E-state index contributed by atoms with van der Waals surface area (Å²) in [7, 11) is 1.59. The first kappa shape index (κ1) is 20.5. The van der Waals surface area contributed by atoms with Crippen LogP contribution in [0.5, 0.6) is 11.5 Å². The van der Waals surface area contributed by atoms with E-state index in [1.165, 1.54) is 4.90 Å². The maximum atomic E-state index is 14.1. The van der Waals surface area contributed by atoms with Crippen LogP contribution < -0.4 is 9.64 Å². The van der Waals surface area contributed by atoms with Crippen LogP contribution in [0.3, 0.4) is 0 Å². The molecule has 1 amide bonds. The van der Waals surface area contributed by atoms with E-state index < -0.39 is 40.6 Å². The van der Waals surface area contributed by atoms with Crippen LogP contribution in [0, 0.1) is 17.5 Å². The van der Waals surface area contributed by atoms with Crippen molar-refractivity contribution in [2.75, 3.05) is 38.2 Å². The van der Waals surface area contributed by atoms with Gasteiger partial charge in [-0.05, 0) is 18.2 Å². The standard InChI is InChI=1S/C20H17F3N4O4/c1-30-14-5-3-2-4-13(14)26-6-8-27(9-7-26)20(29)18-24-19(31-25-18)11-10-12(21)16(23)17(28)15(11)22/h2-5,10,28H,6-9H2,1H3. The molecule has 0 spiro atoms. The molecule has 0 saturated carbocycles. The number of phenols is 1. The number of carbonyl (C=O) groups excluding carboxylic acids is 1. The third kappa shape index (κ3) is 3.74. The van der Waals surface area contributed by atoms with Crippen molar-refractivity contribution in [2.45, 2.75) is 0 Å². The number of rotatable bonds is 4. The van der Waals surface area contributed by atoms with E-state index in [-0.39, 0.29) is 5.82 Å². The maximum Gasteiger partial charge on any atom is 0.295 e. The van der Waals surface area contributed by atoms with Gasteiger partial charge in [-0.25, -0.2) is 8.78 Å². The topological polar surface area (TPSA) is 91.9 Å². The number of piperazine rings is 1. The van der Waals surface area contributed by atoms with E-state index in [9.17, 15) is 23.1 Å². The van der Waals surface area contributed by atoms with Crippen molar-refractivity contribution in [3.8, 4) is 23.0 Å². The molecule has 0 radical (unpaired) electrons. The molecule has 8 nitrogen and oxygen atoms in total. The highest BCUT2D eigenvalue weighted by atomic mass is 19.2. The van der Waals surface area contributed by atoms with Crippen LogP contribution in [0.1, 0.15) is 10.6 Å². The molecule has 162 valence electrons. The van der Waals surface area contributed by atoms with Gasteiger partial charge < -0.3 is 24.2 Å². The van der Waals surface area contributed by atoms with E-state index >= 15 is 0 Å². The number of anilines is 1. The third-order valence-electron chi connectivity index (χ3n) is 4.97. The molecule has 3 aromatic rings. The Kier molecular flexibility index (Phi) is 5.40. The van der Waals surface area contributed by atoms with Crippen LogP contribution in [-0.2, 0) is 0 Å². The normalized spacial score (nSPS) is 14.1. The molecule has 0 atom stereocenters. The molecule has 2 aromatic carbocycles. The number of carbonyl (C=O) groups is 1. The number of hydrogen-bond donors (Lipinski definition) is 1. The molecule has 0 bridgehead atoms. The zero-order valence-electron chi connectivity index (χ0n) is 16.3. The number of halogens is 3. The van der Waals surface area contributed by atoms with Gasteiger partial charge in [0.1, 0.15) is 5.75 Å². The fraction of sp³-hybridized carbons (Fsp3) is 0.250. The summed E-state index contributed by atoms with van der Waals surface area (Å²) >= 11 is 0. The van der Waals surface area contributed by atoms with Crippen molar-refractivity contribution in [1.29, 1.82) is 0 Å². The number of nitrogens with zero attached hydrogens (tertiary/aromatic N) is 4. The molecule has 1 saturated heterocycles. The Bertz CT molecular complexity index is 1130. The van der Waals surface area contributed by atoms with Crippen LogP contribution >= 0.6 is 0 Å². The van der Waals surface area contributed by atoms with Crippen LogP contribution in [0.2, 0.25) is 0 Å². The Morgan fingerprint density at radius 3 is 2.55 bits per heavy atom. The van der Waals surface area contributed by atoms with E-state index in [0.29, 0.717) is 32.2 Å². The van der Waals surface area contributed by atoms with Crippen molar-refractivity contribution in [3.63, 3.8) is 0 Å². The second-order valence-corrected chi connectivity index (χ2v) is 6.76. The average Bonchev–Trinajstić information content (AvgIpc) is 3.29. The van der Waals surface area contributed by atoms with Gasteiger partial charge in [0.05, 0.1) is 18.4 Å². The molecule has 0 aliphatic carbocycles. The molecule has 1 aliphatic heterocycles. The zero-order valence-corrected chi connectivity index (χ0v) is 16.3. The highest BCUT2D eigenvalue weighted by Gasteiger charge is 2.28. The van der Waals surface area contributed by atoms with Crippen molar-refractivity contribution < 1.29 is 32.3 Å². The first-order chi connectivity index (χ1) is 14.9. The van der Waals surface area contributed by atoms with Gasteiger partial charge in [0.25, 0.3) is 17.6 Å². The highest BCUT2D eigenvalue weighted by Crippen LogP contribution is 2.32. The van der Waals surface area contributed by atoms with Gasteiger partial charge >= 0.3 is 0 Å². The number of ether oxygens (including phenoxy) is 1. The molecule has 1 N–H and O–H groups in total. The number of para-hydroxylation sites is 2. The number of aromatic nitrogens is 2. The predicted molar refractivity (Wildman–Crippen MR) is 102 cm³/mol. The largest absolute Gasteiger partial charge is 0.503 e. The van der Waals surface area contributed by atoms with Crippen molar-refractivity contribution in [1.82, 2.24) is 15.0 Å². The molecule has 0 unspecified atom stereocenters. The first-order valence-electron chi connectivity index (χ1n) is 9.28. The highest BCUT2D eigenvalue weighted by molar-refractivity contribution is 5.91. The molecule has 1 fully saturated rings. The average molecular weight is 434 g/mol. The lowest BCUT2D eigenvalue weighted by molar-refractivity contribution is 0.0731. The van der Waals surface area contributed by atoms with E-state index in [1.807, 2.05) is 24.3 Å². The van der Waals surface area contributed by atoms with Gasteiger partial charge in [-0.2, -0.15) is 9.37 Å². The third-order valence-corrected chi connectivity index (χ3v) is 4.97. The smallest absolute Gasteiger partial charge is 0.295 e. The van der Waals surface area contributed by atoms with Gasteiger partial charge in [-0.3, -0.25) is 4.79 Å². The summed E-state index contributed by atoms with van der Waals surface area (Å²) < 4.78 is 51.0. The molecular weight excluding hydrogens is 417 g/mol. The molecule has 2 heterocycles. The summed E-state index contributed by atoms with van der Waals surface area (Å²) in [5.74, 6) is -6.94. The van der Waals surface area contributed by atoms with Crippen LogP contribution in [0.25, 0.3) is 11.5 Å². The molecule has 11 heteroatoms. The second kappa shape index (κ2) is 8.17. The fourth-order valence-corrected chi connectivity index (χ4v) is 3.35. The number of benzene rings is 2. The quantitative estimate of drug-likeness (QED) is 0.632. The van der Waals surface area contributed by atoms with Gasteiger partial charge in [-0.15, -0.1) is 0 Å². The number of amides is 1. The number of aromatic hydroxyl groups is 1. The Labute approximate surface area is 174 Å². The monoisotopic (exact) mass is 434 g/mol. The number of phenolic OH excluding ortho intramolecular Hbond substituents is 1. The molecule has 4 rings (SSSR count). The SMILES string of the molecule is COc1ccccc1N1CCN(C(=O)c2noc(-c3cc(F)c(F)c(O)c3F)n2)CC1. The Morgan fingerprint density at radius 2 is 1.84 bits per heavy atom. The van der Waals surface area contributed by atoms with Crippen LogP contribution in [-0.4, -0.2) is 59.3 Å². The van der Waals surface area contributed by atoms with Gasteiger partial charge in [0.2, 0.25) is 5.82 Å². The molecule has 31 heavy (non-hydrogen) atoms. The Morgan fingerprint density at radius 1 is 1.13 bits per heavy atom. The summed E-state index contributed by atoms with van der Waals surface area (Å²) in [6.07, 6.45) is 0. The van der Waals surface area contributed by atoms with Crippen molar-refractivity contribution >= 4 is 11.6 Å². The number of methoxy groups -OCH3 is 1. The zero-order chi connectivity index (χ0) is 22.1. The lowest BCUT2D eigenvalue weighted by Crippen LogP contribution is -2.49. The van der Waals surface area contributed by atoms with Crippen molar-refractivity contribution in [3.05, 3.63) is 53.6 Å². The van der Waals surface area contributed by atoms with E-state index in [0.717, 1.165) is 11.4 Å². The minimum atomic E-state index is -1.73. The summed E-state index contributed by atoms with van der Waals surface area (Å²) in [6, 6.07) is 8.01. The van der Waals surface area contributed by atoms with Crippen LogP contribution in [0.15, 0.2) is 34.9 Å². The Balaban J connectivity index is 1.48. The van der Waals surface area contributed by atoms with Gasteiger partial charge in [-0.1, -0.05) is 17.3 Å². The van der Waals surface area contributed by atoms with Crippen LogP contribution in [0.4, 0.5) is 18.9 Å². The molecular formula is C20H17F3N4O4. The predicted octanol–water partition coefficient (Wildman–Crippen LogP) is 2.83. The lowest BCUT2D eigenvalue weighted by Gasteiger charge is -2.36. The second-order valence-electron chi connectivity index (χ2n) is 6.76. The summed E-state index contributed by atoms with van der Waals surface area (Å²) in [6.45, 7) is 1.78. The van der Waals surface area contributed by atoms with Crippen molar-refractivity contribution in [2.24, 2.45) is 0 Å². The molecule has 1 aliphatic rings. The lowest BCUT2D eigenvalue weighted by atomic mass is 10.2. The minimum Gasteiger partial charge on any atom is -0.503 e. The Hall–Kier alpha value is -3.76. The van der Waals surface area contributed by atoms with E-state index in [1.54, 1.807) is 7.11 Å². The summed E-state index contributed by atoms with van der Waals surface area (Å²) in [5.41, 5.74) is 0.261. The minimum absolute atomic E-state index is 0.357. The maximum absolute atomic E-state index is 14.1.